The molecule has 0 N–H and O–H groups in total. The van der Waals surface area contributed by atoms with Gasteiger partial charge in [-0.15, -0.1) is 0 Å². The van der Waals surface area contributed by atoms with Crippen molar-refractivity contribution in [3.8, 4) is 0 Å². The van der Waals surface area contributed by atoms with Gasteiger partial charge >= 0.3 is 11.9 Å². The van der Waals surface area contributed by atoms with Crippen molar-refractivity contribution in [2.45, 2.75) is 219 Å². The van der Waals surface area contributed by atoms with Gasteiger partial charge in [0.25, 0.3) is 0 Å². The molecule has 0 bridgehead atoms. The van der Waals surface area contributed by atoms with Crippen LogP contribution in [0.4, 0.5) is 0 Å². The van der Waals surface area contributed by atoms with Crippen LogP contribution in [-0.4, -0.2) is 75.5 Å². The second kappa shape index (κ2) is 47.0. The molecule has 2 unspecified atom stereocenters. The van der Waals surface area contributed by atoms with Gasteiger partial charge in [-0.1, -0.05) is 189 Å². The van der Waals surface area contributed by atoms with E-state index in [1.165, 1.54) is 77.0 Å². The lowest BCUT2D eigenvalue weighted by atomic mass is 10.0. The number of carboxylic acids is 1. The van der Waals surface area contributed by atoms with Crippen molar-refractivity contribution in [1.82, 2.24) is 0 Å². The van der Waals surface area contributed by atoms with Gasteiger partial charge in [0.15, 0.2) is 6.10 Å². The van der Waals surface area contributed by atoms with Gasteiger partial charge in [0.2, 0.25) is 0 Å². The molecule has 0 aromatic heterocycles. The fourth-order valence-corrected chi connectivity index (χ4v) is 7.31. The largest absolute Gasteiger partial charge is 0.544 e. The molecule has 0 spiro atoms. The van der Waals surface area contributed by atoms with E-state index in [0.717, 1.165) is 96.3 Å². The van der Waals surface area contributed by atoms with Gasteiger partial charge in [0.1, 0.15) is 12.6 Å². The number of rotatable bonds is 46. The van der Waals surface area contributed by atoms with Crippen LogP contribution >= 0.6 is 0 Å². The summed E-state index contributed by atoms with van der Waals surface area (Å²) in [5, 5.41) is 11.7. The number of quaternary nitrogens is 1. The highest BCUT2D eigenvalue weighted by molar-refractivity contribution is 5.70. The van der Waals surface area contributed by atoms with Gasteiger partial charge in [-0.2, -0.15) is 0 Å². The molecule has 65 heavy (non-hydrogen) atoms. The van der Waals surface area contributed by atoms with Gasteiger partial charge in [-0.05, 0) is 83.5 Å². The van der Waals surface area contributed by atoms with Gasteiger partial charge in [0, 0.05) is 19.3 Å². The third kappa shape index (κ3) is 45.5. The van der Waals surface area contributed by atoms with E-state index in [-0.39, 0.29) is 42.7 Å². The van der Waals surface area contributed by atoms with Crippen LogP contribution in [0.15, 0.2) is 85.1 Å². The Balaban J connectivity index is 4.26. The summed E-state index contributed by atoms with van der Waals surface area (Å²) in [7, 11) is 5.41. The average molecular weight is 908 g/mol. The van der Waals surface area contributed by atoms with Crippen molar-refractivity contribution in [2.24, 2.45) is 0 Å². The van der Waals surface area contributed by atoms with Crippen LogP contribution in [-0.2, 0) is 28.6 Å². The zero-order valence-electron chi connectivity index (χ0n) is 42.4. The quantitative estimate of drug-likeness (QED) is 0.0259. The number of carbonyl (C=O) groups is 3. The number of hydrogen-bond acceptors (Lipinski definition) is 7. The molecule has 0 radical (unpaired) electrons. The molecule has 0 aliphatic rings. The van der Waals surface area contributed by atoms with Crippen LogP contribution in [0.5, 0.6) is 0 Å². The van der Waals surface area contributed by atoms with Crippen molar-refractivity contribution < 1.29 is 38.2 Å². The number of hydrogen-bond donors (Lipinski definition) is 0. The first-order valence-electron chi connectivity index (χ1n) is 26.1. The van der Waals surface area contributed by atoms with Crippen LogP contribution in [0.2, 0.25) is 0 Å². The number of nitrogens with zero attached hydrogens (tertiary/aromatic N) is 1. The molecule has 0 aromatic carbocycles. The van der Waals surface area contributed by atoms with E-state index >= 15 is 0 Å². The number of carbonyl (C=O) groups excluding carboxylic acids is 3. The maximum absolute atomic E-state index is 12.8. The highest BCUT2D eigenvalue weighted by Crippen LogP contribution is 2.15. The minimum Gasteiger partial charge on any atom is -0.544 e. The third-order valence-corrected chi connectivity index (χ3v) is 11.3. The lowest BCUT2D eigenvalue weighted by Crippen LogP contribution is -2.55. The molecule has 0 amide bonds. The molecule has 0 rings (SSSR count). The van der Waals surface area contributed by atoms with E-state index < -0.39 is 18.1 Å². The number of unbranched alkanes of at least 4 members (excludes halogenated alkanes) is 18. The highest BCUT2D eigenvalue weighted by Gasteiger charge is 2.25. The maximum Gasteiger partial charge on any atom is 0.306 e. The predicted molar refractivity (Wildman–Crippen MR) is 272 cm³/mol. The van der Waals surface area contributed by atoms with Gasteiger partial charge in [0.05, 0.1) is 40.3 Å². The summed E-state index contributed by atoms with van der Waals surface area (Å²) in [4.78, 5) is 37.1. The predicted octanol–water partition coefficient (Wildman–Crippen LogP) is 13.9. The molecular weight excluding hydrogens is 811 g/mol. The van der Waals surface area contributed by atoms with Crippen molar-refractivity contribution >= 4 is 17.9 Å². The molecule has 372 valence electrons. The molecule has 8 nitrogen and oxygen atoms in total. The Morgan fingerprint density at radius 1 is 0.462 bits per heavy atom. The molecule has 0 aromatic rings. The van der Waals surface area contributed by atoms with Crippen LogP contribution in [0, 0.1) is 0 Å². The smallest absolute Gasteiger partial charge is 0.306 e. The second-order valence-corrected chi connectivity index (χ2v) is 18.3. The Hall–Kier alpha value is -3.49. The van der Waals surface area contributed by atoms with E-state index in [9.17, 15) is 19.5 Å². The maximum atomic E-state index is 12.8. The molecule has 2 atom stereocenters. The minimum atomic E-state index is -1.13. The van der Waals surface area contributed by atoms with Crippen molar-refractivity contribution in [1.29, 1.82) is 0 Å². The summed E-state index contributed by atoms with van der Waals surface area (Å²) in [6.07, 6.45) is 61.8. The van der Waals surface area contributed by atoms with Crippen molar-refractivity contribution in [3.05, 3.63) is 85.1 Å². The molecule has 8 heteroatoms. The summed E-state index contributed by atoms with van der Waals surface area (Å²) in [6.45, 7) is 4.43. The Kier molecular flexibility index (Phi) is 44.5. The first-order valence-corrected chi connectivity index (χ1v) is 26.1. The molecule has 0 saturated carbocycles. The topological polar surface area (TPSA) is 102 Å². The number of allylic oxidation sites excluding steroid dienone is 14. The highest BCUT2D eigenvalue weighted by atomic mass is 16.6. The zero-order valence-corrected chi connectivity index (χ0v) is 42.4. The first-order chi connectivity index (χ1) is 31.6. The Morgan fingerprint density at radius 2 is 0.815 bits per heavy atom. The number of carboxylic acid groups (broad SMARTS) is 1. The first kappa shape index (κ1) is 61.5. The number of likely N-dealkylation sites (N-methyl/N-ethyl adjacent to an activating group) is 1. The van der Waals surface area contributed by atoms with E-state index in [2.05, 4.69) is 98.9 Å². The number of ether oxygens (including phenoxy) is 3. The SMILES string of the molecule is CC/C=C/C/C=C/C/C=C/C/C=C/CCCCCCCCCC(=O)OC(COCCC(C(=O)[O-])[N+](C)(C)C)COC(=O)CCCCCCCCCCCCC/C=C/C/C=C/C/C=C/CC. The van der Waals surface area contributed by atoms with Crippen LogP contribution in [0.1, 0.15) is 206 Å². The Bertz CT molecular complexity index is 1330. The third-order valence-electron chi connectivity index (χ3n) is 11.3. The van der Waals surface area contributed by atoms with Crippen molar-refractivity contribution in [2.75, 3.05) is 41.0 Å². The van der Waals surface area contributed by atoms with E-state index in [0.29, 0.717) is 12.8 Å². The average Bonchev–Trinajstić information content (AvgIpc) is 3.27. The molecule has 0 saturated heterocycles. The molecule has 0 heterocycles. The monoisotopic (exact) mass is 908 g/mol. The summed E-state index contributed by atoms with van der Waals surface area (Å²) < 4.78 is 17.2. The van der Waals surface area contributed by atoms with Crippen molar-refractivity contribution in [3.63, 3.8) is 0 Å². The molecular formula is C57H97NO7. The Labute approximate surface area is 399 Å². The lowest BCUT2D eigenvalue weighted by molar-refractivity contribution is -0.889. The van der Waals surface area contributed by atoms with E-state index in [1.807, 2.05) is 0 Å². The number of esters is 2. The van der Waals surface area contributed by atoms with Crippen LogP contribution in [0.3, 0.4) is 0 Å². The number of aliphatic carboxylic acids is 1. The fraction of sp³-hybridized carbons (Fsp3) is 0.702. The fourth-order valence-electron chi connectivity index (χ4n) is 7.31. The standard InChI is InChI=1S/C57H97NO7/c1-6-8-10-12-14-16-18-20-22-24-26-28-30-31-33-35-37-39-41-43-45-47-55(59)64-52-53(51-63-50-49-54(57(61)62)58(3,4)5)65-56(60)48-46-44-42-40-38-36-34-32-29-27-25-23-21-19-17-15-13-11-9-7-2/h8-11,14-17,20-23,27,29,53-54H,6-7,12-13,18-19,24-26,28,30-52H2,1-5H3/b10-8+,11-9+,16-14+,17-15+,22-20+,23-21+,29-27+. The summed E-state index contributed by atoms with van der Waals surface area (Å²) in [5.74, 6) is -1.75. The van der Waals surface area contributed by atoms with Gasteiger partial charge < -0.3 is 28.6 Å². The normalized spacial score (nSPS) is 13.6. The van der Waals surface area contributed by atoms with Gasteiger partial charge in [-0.25, -0.2) is 0 Å². The van der Waals surface area contributed by atoms with Crippen LogP contribution in [0.25, 0.3) is 0 Å². The zero-order chi connectivity index (χ0) is 47.7. The molecule has 0 aliphatic heterocycles. The van der Waals surface area contributed by atoms with Gasteiger partial charge in [-0.3, -0.25) is 9.59 Å². The summed E-state index contributed by atoms with van der Waals surface area (Å²) >= 11 is 0. The summed E-state index contributed by atoms with van der Waals surface area (Å²) in [6, 6.07) is -0.733. The lowest BCUT2D eigenvalue weighted by Gasteiger charge is -2.34. The van der Waals surface area contributed by atoms with E-state index in [4.69, 9.17) is 14.2 Å². The minimum absolute atomic E-state index is 0.0317. The second-order valence-electron chi connectivity index (χ2n) is 18.3. The summed E-state index contributed by atoms with van der Waals surface area (Å²) in [5.41, 5.74) is 0. The van der Waals surface area contributed by atoms with E-state index in [1.54, 1.807) is 21.1 Å². The Morgan fingerprint density at radius 3 is 1.20 bits per heavy atom. The molecule has 0 aliphatic carbocycles. The van der Waals surface area contributed by atoms with Crippen LogP contribution < -0.4 is 5.11 Å². The molecule has 0 fully saturated rings.